The topological polar surface area (TPSA) is 38.3 Å². The van der Waals surface area contributed by atoms with E-state index in [1.54, 1.807) is 0 Å². The highest BCUT2D eigenvalue weighted by Crippen LogP contribution is 2.27. The molecule has 2 aliphatic rings. The van der Waals surface area contributed by atoms with Gasteiger partial charge in [-0.05, 0) is 25.8 Å². The highest BCUT2D eigenvalue weighted by atomic mass is 35.5. The van der Waals surface area contributed by atoms with Gasteiger partial charge in [0.2, 0.25) is 0 Å². The van der Waals surface area contributed by atoms with Crippen LogP contribution < -0.4 is 5.32 Å². The Morgan fingerprint density at radius 3 is 2.64 bits per heavy atom. The SMILES string of the molecule is Cl.O=C(OCC1CCNC1)C1CCC1. The van der Waals surface area contributed by atoms with E-state index in [-0.39, 0.29) is 24.3 Å². The summed E-state index contributed by atoms with van der Waals surface area (Å²) in [4.78, 5) is 11.3. The Morgan fingerprint density at radius 1 is 1.36 bits per heavy atom. The third-order valence-corrected chi connectivity index (χ3v) is 3.06. The van der Waals surface area contributed by atoms with E-state index in [0.29, 0.717) is 12.5 Å². The van der Waals surface area contributed by atoms with Gasteiger partial charge in [-0.15, -0.1) is 12.4 Å². The lowest BCUT2D eigenvalue weighted by molar-refractivity contribution is -0.152. The van der Waals surface area contributed by atoms with Gasteiger partial charge in [-0.3, -0.25) is 4.79 Å². The Bertz CT molecular complexity index is 189. The number of carbonyl (C=O) groups excluding carboxylic acids is 1. The first-order valence-electron chi connectivity index (χ1n) is 5.23. The summed E-state index contributed by atoms with van der Waals surface area (Å²) in [5, 5.41) is 3.26. The summed E-state index contributed by atoms with van der Waals surface area (Å²) in [5.74, 6) is 0.830. The van der Waals surface area contributed by atoms with Crippen LogP contribution in [0.5, 0.6) is 0 Å². The van der Waals surface area contributed by atoms with Gasteiger partial charge in [0.05, 0.1) is 12.5 Å². The highest BCUT2D eigenvalue weighted by Gasteiger charge is 2.27. The van der Waals surface area contributed by atoms with Crippen LogP contribution in [0.15, 0.2) is 0 Å². The number of halogens is 1. The van der Waals surface area contributed by atoms with Gasteiger partial charge in [-0.2, -0.15) is 0 Å². The van der Waals surface area contributed by atoms with E-state index in [1.165, 1.54) is 6.42 Å². The van der Waals surface area contributed by atoms with Gasteiger partial charge in [-0.1, -0.05) is 6.42 Å². The molecule has 0 amide bonds. The van der Waals surface area contributed by atoms with E-state index in [9.17, 15) is 4.79 Å². The number of carbonyl (C=O) groups is 1. The predicted molar refractivity (Wildman–Crippen MR) is 56.5 cm³/mol. The van der Waals surface area contributed by atoms with Gasteiger partial charge >= 0.3 is 5.97 Å². The molecule has 2 fully saturated rings. The number of hydrogen-bond acceptors (Lipinski definition) is 3. The summed E-state index contributed by atoms with van der Waals surface area (Å²) in [6.45, 7) is 2.71. The zero-order valence-electron chi connectivity index (χ0n) is 8.33. The summed E-state index contributed by atoms with van der Waals surface area (Å²) in [6.07, 6.45) is 4.44. The van der Waals surface area contributed by atoms with Crippen molar-refractivity contribution in [2.24, 2.45) is 11.8 Å². The molecule has 1 heterocycles. The van der Waals surface area contributed by atoms with Gasteiger partial charge < -0.3 is 10.1 Å². The first-order valence-corrected chi connectivity index (χ1v) is 5.23. The fourth-order valence-corrected chi connectivity index (χ4v) is 1.82. The van der Waals surface area contributed by atoms with Crippen molar-refractivity contribution in [2.75, 3.05) is 19.7 Å². The number of ether oxygens (including phenoxy) is 1. The number of esters is 1. The monoisotopic (exact) mass is 219 g/mol. The number of rotatable bonds is 3. The molecule has 1 unspecified atom stereocenters. The van der Waals surface area contributed by atoms with Crippen molar-refractivity contribution in [2.45, 2.75) is 25.7 Å². The summed E-state index contributed by atoms with van der Waals surface area (Å²) >= 11 is 0. The zero-order valence-corrected chi connectivity index (χ0v) is 9.15. The Kier molecular flexibility index (Phi) is 4.69. The van der Waals surface area contributed by atoms with Crippen LogP contribution in [0.2, 0.25) is 0 Å². The van der Waals surface area contributed by atoms with Crippen molar-refractivity contribution in [3.8, 4) is 0 Å². The summed E-state index contributed by atoms with van der Waals surface area (Å²) < 4.78 is 5.25. The molecule has 0 aromatic carbocycles. The molecule has 1 atom stereocenters. The zero-order chi connectivity index (χ0) is 9.10. The molecule has 3 nitrogen and oxygen atoms in total. The van der Waals surface area contributed by atoms with E-state index >= 15 is 0 Å². The largest absolute Gasteiger partial charge is 0.465 e. The molecule has 0 spiro atoms. The second kappa shape index (κ2) is 5.56. The molecule has 14 heavy (non-hydrogen) atoms. The molecule has 1 aliphatic heterocycles. The molecule has 0 radical (unpaired) electrons. The maximum atomic E-state index is 11.3. The van der Waals surface area contributed by atoms with E-state index in [4.69, 9.17) is 4.74 Å². The molecule has 4 heteroatoms. The van der Waals surface area contributed by atoms with Crippen molar-refractivity contribution in [1.82, 2.24) is 5.32 Å². The predicted octanol–water partition coefficient (Wildman–Crippen LogP) is 1.36. The van der Waals surface area contributed by atoms with Crippen molar-refractivity contribution in [1.29, 1.82) is 0 Å². The van der Waals surface area contributed by atoms with E-state index in [1.807, 2.05) is 0 Å². The third kappa shape index (κ3) is 2.85. The molecular weight excluding hydrogens is 202 g/mol. The molecule has 1 N–H and O–H groups in total. The maximum absolute atomic E-state index is 11.3. The van der Waals surface area contributed by atoms with E-state index < -0.39 is 0 Å². The van der Waals surface area contributed by atoms with Crippen LogP contribution in [0, 0.1) is 11.8 Å². The first-order chi connectivity index (χ1) is 6.36. The summed E-state index contributed by atoms with van der Waals surface area (Å²) in [6, 6.07) is 0. The van der Waals surface area contributed by atoms with Gasteiger partial charge in [0.1, 0.15) is 0 Å². The van der Waals surface area contributed by atoms with Crippen molar-refractivity contribution in [3.63, 3.8) is 0 Å². The summed E-state index contributed by atoms with van der Waals surface area (Å²) in [5.41, 5.74) is 0. The van der Waals surface area contributed by atoms with Gasteiger partial charge in [-0.25, -0.2) is 0 Å². The Hall–Kier alpha value is -0.280. The van der Waals surface area contributed by atoms with Crippen LogP contribution in [0.1, 0.15) is 25.7 Å². The second-order valence-corrected chi connectivity index (χ2v) is 4.12. The van der Waals surface area contributed by atoms with Gasteiger partial charge in [0, 0.05) is 12.5 Å². The van der Waals surface area contributed by atoms with Crippen LogP contribution >= 0.6 is 12.4 Å². The lowest BCUT2D eigenvalue weighted by atomic mass is 9.86. The maximum Gasteiger partial charge on any atom is 0.308 e. The van der Waals surface area contributed by atoms with Crippen molar-refractivity contribution in [3.05, 3.63) is 0 Å². The minimum absolute atomic E-state index is 0. The van der Waals surface area contributed by atoms with Crippen LogP contribution in [-0.2, 0) is 9.53 Å². The molecule has 82 valence electrons. The minimum Gasteiger partial charge on any atom is -0.465 e. The van der Waals surface area contributed by atoms with E-state index in [0.717, 1.165) is 32.4 Å². The lowest BCUT2D eigenvalue weighted by Crippen LogP contribution is -2.26. The summed E-state index contributed by atoms with van der Waals surface area (Å²) in [7, 11) is 0. The smallest absolute Gasteiger partial charge is 0.308 e. The lowest BCUT2D eigenvalue weighted by Gasteiger charge is -2.23. The average Bonchev–Trinajstić information content (AvgIpc) is 2.49. The normalized spacial score (nSPS) is 26.4. The van der Waals surface area contributed by atoms with Crippen LogP contribution in [0.25, 0.3) is 0 Å². The van der Waals surface area contributed by atoms with Crippen LogP contribution in [0.3, 0.4) is 0 Å². The van der Waals surface area contributed by atoms with Crippen LogP contribution in [0.4, 0.5) is 0 Å². The second-order valence-electron chi connectivity index (χ2n) is 4.12. The first kappa shape index (κ1) is 11.8. The third-order valence-electron chi connectivity index (χ3n) is 3.06. The molecule has 0 aromatic heterocycles. The van der Waals surface area contributed by atoms with Crippen LogP contribution in [-0.4, -0.2) is 25.7 Å². The quantitative estimate of drug-likeness (QED) is 0.729. The number of nitrogens with one attached hydrogen (secondary N) is 1. The molecule has 1 saturated heterocycles. The molecule has 2 rings (SSSR count). The van der Waals surface area contributed by atoms with Crippen molar-refractivity contribution < 1.29 is 9.53 Å². The Balaban J connectivity index is 0.000000980. The molecule has 0 aromatic rings. The standard InChI is InChI=1S/C10H17NO2.ClH/c12-10(9-2-1-3-9)13-7-8-4-5-11-6-8;/h8-9,11H,1-7H2;1H. The van der Waals surface area contributed by atoms with Gasteiger partial charge in [0.15, 0.2) is 0 Å². The van der Waals surface area contributed by atoms with Crippen molar-refractivity contribution >= 4 is 18.4 Å². The average molecular weight is 220 g/mol. The molecule has 1 saturated carbocycles. The molecular formula is C10H18ClNO2. The van der Waals surface area contributed by atoms with E-state index in [2.05, 4.69) is 5.32 Å². The number of hydrogen-bond donors (Lipinski definition) is 1. The Labute approximate surface area is 91.0 Å². The Morgan fingerprint density at radius 2 is 2.14 bits per heavy atom. The van der Waals surface area contributed by atoms with Gasteiger partial charge in [0.25, 0.3) is 0 Å². The highest BCUT2D eigenvalue weighted by molar-refractivity contribution is 5.85. The molecule has 0 bridgehead atoms. The fraction of sp³-hybridized carbons (Fsp3) is 0.900. The fourth-order valence-electron chi connectivity index (χ4n) is 1.82. The molecule has 1 aliphatic carbocycles. The minimum atomic E-state index is 0.